The largest absolute Gasteiger partial charge is 0.497 e. The van der Waals surface area contributed by atoms with Gasteiger partial charge in [0.2, 0.25) is 5.91 Å². The Hall–Kier alpha value is -2.75. The quantitative estimate of drug-likeness (QED) is 0.896. The Morgan fingerprint density at radius 1 is 1.19 bits per heavy atom. The molecular weight excluding hydrogens is 336 g/mol. The summed E-state index contributed by atoms with van der Waals surface area (Å²) in [5.74, 6) is 0.919. The molecule has 140 valence electrons. The highest BCUT2D eigenvalue weighted by Crippen LogP contribution is 2.52. The maximum atomic E-state index is 12.4. The lowest BCUT2D eigenvalue weighted by Gasteiger charge is -2.49. The SMILES string of the molecule is COc1cccc(C=C[C@]23NC(=O)CCN2c2ccc(C)cc2C3(C)C)c1. The van der Waals surface area contributed by atoms with Crippen LogP contribution in [0.3, 0.4) is 0 Å². The van der Waals surface area contributed by atoms with Gasteiger partial charge in [-0.3, -0.25) is 4.79 Å². The van der Waals surface area contributed by atoms with Gasteiger partial charge in [0, 0.05) is 24.1 Å². The fourth-order valence-corrected chi connectivity index (χ4v) is 4.43. The zero-order valence-corrected chi connectivity index (χ0v) is 16.4. The van der Waals surface area contributed by atoms with Crippen LogP contribution in [0.15, 0.2) is 48.5 Å². The van der Waals surface area contributed by atoms with E-state index in [1.807, 2.05) is 24.3 Å². The highest BCUT2D eigenvalue weighted by molar-refractivity contribution is 5.84. The predicted molar refractivity (Wildman–Crippen MR) is 109 cm³/mol. The Balaban J connectivity index is 1.83. The maximum absolute atomic E-state index is 12.4. The molecule has 1 atom stereocenters. The molecule has 0 unspecified atom stereocenters. The van der Waals surface area contributed by atoms with E-state index < -0.39 is 5.66 Å². The summed E-state index contributed by atoms with van der Waals surface area (Å²) >= 11 is 0. The number of hydrogen-bond donors (Lipinski definition) is 1. The van der Waals surface area contributed by atoms with Crippen LogP contribution in [0.5, 0.6) is 5.75 Å². The van der Waals surface area contributed by atoms with Crippen molar-refractivity contribution in [3.05, 3.63) is 65.2 Å². The molecule has 4 rings (SSSR count). The Morgan fingerprint density at radius 3 is 2.78 bits per heavy atom. The van der Waals surface area contributed by atoms with E-state index >= 15 is 0 Å². The number of benzene rings is 2. The lowest BCUT2D eigenvalue weighted by molar-refractivity contribution is -0.124. The summed E-state index contributed by atoms with van der Waals surface area (Å²) in [6.45, 7) is 7.26. The Kier molecular flexibility index (Phi) is 4.02. The molecule has 0 aliphatic carbocycles. The average molecular weight is 362 g/mol. The lowest BCUT2D eigenvalue weighted by Crippen LogP contribution is -2.68. The van der Waals surface area contributed by atoms with Gasteiger partial charge in [-0.25, -0.2) is 0 Å². The van der Waals surface area contributed by atoms with E-state index in [1.54, 1.807) is 7.11 Å². The molecule has 4 heteroatoms. The van der Waals surface area contributed by atoms with Crippen molar-refractivity contribution in [2.45, 2.75) is 38.3 Å². The number of rotatable bonds is 3. The van der Waals surface area contributed by atoms with Crippen molar-refractivity contribution < 1.29 is 9.53 Å². The van der Waals surface area contributed by atoms with Gasteiger partial charge in [-0.15, -0.1) is 0 Å². The molecule has 2 aliphatic heterocycles. The molecule has 4 nitrogen and oxygen atoms in total. The molecule has 2 aliphatic rings. The van der Waals surface area contributed by atoms with Crippen molar-refractivity contribution in [3.63, 3.8) is 0 Å². The summed E-state index contributed by atoms with van der Waals surface area (Å²) in [4.78, 5) is 14.8. The molecule has 0 spiro atoms. The van der Waals surface area contributed by atoms with E-state index in [9.17, 15) is 4.79 Å². The normalized spacial score (nSPS) is 23.1. The molecule has 2 aromatic carbocycles. The van der Waals surface area contributed by atoms with Crippen molar-refractivity contribution in [1.82, 2.24) is 5.32 Å². The van der Waals surface area contributed by atoms with E-state index in [0.29, 0.717) is 13.0 Å². The topological polar surface area (TPSA) is 41.6 Å². The van der Waals surface area contributed by atoms with Crippen molar-refractivity contribution in [2.75, 3.05) is 18.6 Å². The number of nitrogens with one attached hydrogen (secondary N) is 1. The molecule has 2 aromatic rings. The number of fused-ring (bicyclic) bond motifs is 3. The zero-order chi connectivity index (χ0) is 19.2. The first-order valence-electron chi connectivity index (χ1n) is 9.40. The van der Waals surface area contributed by atoms with Gasteiger partial charge in [0.15, 0.2) is 0 Å². The number of carbonyl (C=O) groups excluding carboxylic acids is 1. The smallest absolute Gasteiger partial charge is 0.223 e. The first-order chi connectivity index (χ1) is 12.9. The van der Waals surface area contributed by atoms with Gasteiger partial charge in [0.25, 0.3) is 0 Å². The van der Waals surface area contributed by atoms with Gasteiger partial charge in [-0.1, -0.05) is 49.8 Å². The van der Waals surface area contributed by atoms with Crippen molar-refractivity contribution in [1.29, 1.82) is 0 Å². The fraction of sp³-hybridized carbons (Fsp3) is 0.348. The summed E-state index contributed by atoms with van der Waals surface area (Å²) < 4.78 is 5.34. The van der Waals surface area contributed by atoms with E-state index in [2.05, 4.69) is 61.3 Å². The number of amides is 1. The molecule has 0 saturated carbocycles. The maximum Gasteiger partial charge on any atom is 0.223 e. The third kappa shape index (κ3) is 2.62. The molecule has 0 aromatic heterocycles. The number of carbonyl (C=O) groups is 1. The van der Waals surface area contributed by atoms with Gasteiger partial charge < -0.3 is 15.0 Å². The van der Waals surface area contributed by atoms with Gasteiger partial charge >= 0.3 is 0 Å². The van der Waals surface area contributed by atoms with Crippen LogP contribution in [0.2, 0.25) is 0 Å². The van der Waals surface area contributed by atoms with Crippen LogP contribution in [0.1, 0.15) is 37.0 Å². The summed E-state index contributed by atoms with van der Waals surface area (Å²) in [6, 6.07) is 14.5. The second kappa shape index (κ2) is 6.15. The van der Waals surface area contributed by atoms with Crippen LogP contribution < -0.4 is 15.0 Å². The predicted octanol–water partition coefficient (Wildman–Crippen LogP) is 4.03. The molecule has 1 fully saturated rings. The molecule has 1 saturated heterocycles. The minimum atomic E-state index is -0.582. The number of aryl methyl sites for hydroxylation is 1. The first kappa shape index (κ1) is 17.7. The number of anilines is 1. The number of hydrogen-bond acceptors (Lipinski definition) is 3. The van der Waals surface area contributed by atoms with Gasteiger partial charge in [-0.2, -0.15) is 0 Å². The van der Waals surface area contributed by atoms with E-state index in [0.717, 1.165) is 11.3 Å². The van der Waals surface area contributed by atoms with Crippen molar-refractivity contribution in [2.24, 2.45) is 0 Å². The summed E-state index contributed by atoms with van der Waals surface area (Å²) in [5, 5.41) is 3.32. The summed E-state index contributed by atoms with van der Waals surface area (Å²) in [6.07, 6.45) is 4.74. The summed E-state index contributed by atoms with van der Waals surface area (Å²) in [7, 11) is 1.67. The highest BCUT2D eigenvalue weighted by Gasteiger charge is 2.57. The van der Waals surface area contributed by atoms with Crippen LogP contribution in [0.4, 0.5) is 5.69 Å². The second-order valence-corrected chi connectivity index (χ2v) is 7.97. The van der Waals surface area contributed by atoms with E-state index in [-0.39, 0.29) is 11.3 Å². The Morgan fingerprint density at radius 2 is 2.00 bits per heavy atom. The van der Waals surface area contributed by atoms with Gasteiger partial charge in [0.1, 0.15) is 11.4 Å². The molecule has 0 radical (unpaired) electrons. The van der Waals surface area contributed by atoms with Crippen LogP contribution in [-0.4, -0.2) is 25.2 Å². The average Bonchev–Trinajstić information content (AvgIpc) is 2.84. The summed E-state index contributed by atoms with van der Waals surface area (Å²) in [5.41, 5.74) is 3.92. The minimum Gasteiger partial charge on any atom is -0.497 e. The van der Waals surface area contributed by atoms with Gasteiger partial charge in [-0.05, 0) is 42.3 Å². The molecule has 27 heavy (non-hydrogen) atoms. The second-order valence-electron chi connectivity index (χ2n) is 7.97. The van der Waals surface area contributed by atoms with Gasteiger partial charge in [0.05, 0.1) is 7.11 Å². The van der Waals surface area contributed by atoms with Crippen molar-refractivity contribution in [3.8, 4) is 5.75 Å². The first-order valence-corrected chi connectivity index (χ1v) is 9.40. The number of nitrogens with zero attached hydrogens (tertiary/aromatic N) is 1. The van der Waals surface area contributed by atoms with E-state index in [1.165, 1.54) is 16.8 Å². The lowest BCUT2D eigenvalue weighted by atomic mass is 9.74. The fourth-order valence-electron chi connectivity index (χ4n) is 4.43. The monoisotopic (exact) mass is 362 g/mol. The van der Waals surface area contributed by atoms with Crippen LogP contribution in [0.25, 0.3) is 6.08 Å². The number of ether oxygens (including phenoxy) is 1. The van der Waals surface area contributed by atoms with Crippen LogP contribution >= 0.6 is 0 Å². The molecule has 0 bridgehead atoms. The van der Waals surface area contributed by atoms with Crippen LogP contribution in [0, 0.1) is 6.92 Å². The molecule has 2 heterocycles. The third-order valence-electron chi connectivity index (χ3n) is 6.00. The molecular formula is C23H26N2O2. The Labute approximate surface area is 160 Å². The standard InChI is InChI=1S/C23H26N2O2/c1-16-8-9-20-19(14-16)22(2,3)23(24-21(26)11-13-25(20)23)12-10-17-6-5-7-18(15-17)27-4/h5-10,12,14-15H,11,13H2,1-4H3,(H,24,26)/t23-/m0/s1. The van der Waals surface area contributed by atoms with Crippen LogP contribution in [-0.2, 0) is 10.2 Å². The zero-order valence-electron chi connectivity index (χ0n) is 16.4. The Bertz CT molecular complexity index is 932. The number of methoxy groups -OCH3 is 1. The van der Waals surface area contributed by atoms with E-state index in [4.69, 9.17) is 4.74 Å². The van der Waals surface area contributed by atoms with Crippen molar-refractivity contribution >= 4 is 17.7 Å². The molecule has 1 amide bonds. The minimum absolute atomic E-state index is 0.0964. The third-order valence-corrected chi connectivity index (χ3v) is 6.00. The molecule has 1 N–H and O–H groups in total. The highest BCUT2D eigenvalue weighted by atomic mass is 16.5.